The predicted molar refractivity (Wildman–Crippen MR) is 80.9 cm³/mol. The highest BCUT2D eigenvalue weighted by Crippen LogP contribution is 2.17. The summed E-state index contributed by atoms with van der Waals surface area (Å²) in [4.78, 5) is 23.4. The average Bonchev–Trinajstić information content (AvgIpc) is 2.32. The summed E-state index contributed by atoms with van der Waals surface area (Å²) < 4.78 is 0. The van der Waals surface area contributed by atoms with Crippen molar-refractivity contribution >= 4 is 23.4 Å². The second-order valence-electron chi connectivity index (χ2n) is 5.85. The molecule has 0 radical (unpaired) electrons. The number of hydrogen-bond donors (Lipinski definition) is 2. The average molecular weight is 297 g/mol. The molecule has 20 heavy (non-hydrogen) atoms. The van der Waals surface area contributed by atoms with E-state index in [1.807, 2.05) is 20.8 Å². The minimum absolute atomic E-state index is 0.00509. The Morgan fingerprint density at radius 2 is 1.80 bits per heavy atom. The van der Waals surface area contributed by atoms with Crippen LogP contribution in [0.3, 0.4) is 0 Å². The Labute approximate surface area is 124 Å². The first kappa shape index (κ1) is 16.5. The van der Waals surface area contributed by atoms with Crippen LogP contribution in [0.15, 0.2) is 24.3 Å². The molecule has 1 aromatic rings. The lowest BCUT2D eigenvalue weighted by Crippen LogP contribution is -2.35. The first-order valence-corrected chi connectivity index (χ1v) is 6.96. The smallest absolute Gasteiger partial charge is 0.251 e. The lowest BCUT2D eigenvalue weighted by molar-refractivity contribution is -0.122. The molecule has 4 nitrogen and oxygen atoms in total. The van der Waals surface area contributed by atoms with Gasteiger partial charge in [-0.05, 0) is 23.6 Å². The molecule has 0 spiro atoms. The quantitative estimate of drug-likeness (QED) is 0.821. The fraction of sp³-hybridized carbons (Fsp3) is 0.467. The van der Waals surface area contributed by atoms with E-state index in [1.54, 1.807) is 24.3 Å². The minimum Gasteiger partial charge on any atom is -0.354 e. The number of carbonyl (C=O) groups is 2. The van der Waals surface area contributed by atoms with Gasteiger partial charge < -0.3 is 10.6 Å². The fourth-order valence-electron chi connectivity index (χ4n) is 1.65. The van der Waals surface area contributed by atoms with Crippen LogP contribution in [0.1, 0.15) is 37.6 Å². The van der Waals surface area contributed by atoms with Gasteiger partial charge in [0.25, 0.3) is 5.91 Å². The van der Waals surface area contributed by atoms with Crippen LogP contribution in [0.2, 0.25) is 5.02 Å². The van der Waals surface area contributed by atoms with E-state index in [0.717, 1.165) is 0 Å². The molecule has 0 aliphatic rings. The van der Waals surface area contributed by atoms with Crippen molar-refractivity contribution in [1.29, 1.82) is 0 Å². The second-order valence-corrected chi connectivity index (χ2v) is 6.29. The van der Waals surface area contributed by atoms with Gasteiger partial charge in [-0.25, -0.2) is 0 Å². The minimum atomic E-state index is -0.197. The number of rotatable bonds is 5. The summed E-state index contributed by atoms with van der Waals surface area (Å²) in [5, 5.41) is 6.03. The maximum Gasteiger partial charge on any atom is 0.251 e. The number of hydrogen-bond acceptors (Lipinski definition) is 2. The Bertz CT molecular complexity index is 481. The van der Waals surface area contributed by atoms with E-state index in [1.165, 1.54) is 0 Å². The highest BCUT2D eigenvalue weighted by atomic mass is 35.5. The molecule has 0 bridgehead atoms. The highest BCUT2D eigenvalue weighted by molar-refractivity contribution is 6.30. The van der Waals surface area contributed by atoms with Gasteiger partial charge in [0.1, 0.15) is 0 Å². The molecule has 110 valence electrons. The van der Waals surface area contributed by atoms with Crippen molar-refractivity contribution in [3.63, 3.8) is 0 Å². The second kappa shape index (κ2) is 7.29. The SMILES string of the molecule is CC(C)(C)CC(=O)NCCNC(=O)c1cccc(Cl)c1. The van der Waals surface area contributed by atoms with Crippen LogP contribution < -0.4 is 10.6 Å². The van der Waals surface area contributed by atoms with Crippen molar-refractivity contribution in [3.05, 3.63) is 34.9 Å². The molecule has 2 N–H and O–H groups in total. The third-order valence-electron chi connectivity index (χ3n) is 2.51. The number of amides is 2. The zero-order valence-electron chi connectivity index (χ0n) is 12.1. The molecular formula is C15H21ClN2O2. The van der Waals surface area contributed by atoms with Crippen LogP contribution in [0.25, 0.3) is 0 Å². The van der Waals surface area contributed by atoms with Crippen LogP contribution in [0.5, 0.6) is 0 Å². The van der Waals surface area contributed by atoms with Gasteiger partial charge in [0.15, 0.2) is 0 Å². The molecule has 1 aromatic carbocycles. The van der Waals surface area contributed by atoms with Crippen LogP contribution in [-0.2, 0) is 4.79 Å². The molecule has 0 aliphatic carbocycles. The van der Waals surface area contributed by atoms with E-state index in [-0.39, 0.29) is 17.2 Å². The van der Waals surface area contributed by atoms with Gasteiger partial charge in [-0.2, -0.15) is 0 Å². The molecule has 2 amide bonds. The Hall–Kier alpha value is -1.55. The van der Waals surface area contributed by atoms with Crippen molar-refractivity contribution in [2.45, 2.75) is 27.2 Å². The Morgan fingerprint density at radius 3 is 2.40 bits per heavy atom. The largest absolute Gasteiger partial charge is 0.354 e. The molecule has 0 saturated carbocycles. The third kappa shape index (κ3) is 6.57. The van der Waals surface area contributed by atoms with Crippen molar-refractivity contribution in [1.82, 2.24) is 10.6 Å². The summed E-state index contributed by atoms with van der Waals surface area (Å²) in [6.45, 7) is 6.83. The predicted octanol–water partition coefficient (Wildman–Crippen LogP) is 2.62. The lowest BCUT2D eigenvalue weighted by Gasteiger charge is -2.17. The zero-order chi connectivity index (χ0) is 15.2. The van der Waals surface area contributed by atoms with Gasteiger partial charge in [-0.1, -0.05) is 38.4 Å². The zero-order valence-corrected chi connectivity index (χ0v) is 12.9. The lowest BCUT2D eigenvalue weighted by atomic mass is 9.92. The monoisotopic (exact) mass is 296 g/mol. The van der Waals surface area contributed by atoms with Crippen molar-refractivity contribution in [2.24, 2.45) is 5.41 Å². The van der Waals surface area contributed by atoms with Crippen LogP contribution in [0, 0.1) is 5.41 Å². The molecule has 1 rings (SSSR count). The van der Waals surface area contributed by atoms with Gasteiger partial charge in [-0.15, -0.1) is 0 Å². The summed E-state index contributed by atoms with van der Waals surface area (Å²) in [6.07, 6.45) is 0.467. The topological polar surface area (TPSA) is 58.2 Å². The number of carbonyl (C=O) groups excluding carboxylic acids is 2. The van der Waals surface area contributed by atoms with E-state index in [4.69, 9.17) is 11.6 Å². The van der Waals surface area contributed by atoms with E-state index in [0.29, 0.717) is 30.1 Å². The Morgan fingerprint density at radius 1 is 1.15 bits per heavy atom. The van der Waals surface area contributed by atoms with E-state index >= 15 is 0 Å². The molecule has 0 unspecified atom stereocenters. The Kier molecular flexibility index (Phi) is 6.02. The number of nitrogens with one attached hydrogen (secondary N) is 2. The van der Waals surface area contributed by atoms with Crippen LogP contribution in [0.4, 0.5) is 0 Å². The molecule has 0 aliphatic heterocycles. The molecule has 0 saturated heterocycles. The third-order valence-corrected chi connectivity index (χ3v) is 2.75. The maximum atomic E-state index is 11.8. The molecule has 0 heterocycles. The van der Waals surface area contributed by atoms with Crippen molar-refractivity contribution in [2.75, 3.05) is 13.1 Å². The first-order valence-electron chi connectivity index (χ1n) is 6.58. The molecule has 0 aromatic heterocycles. The summed E-state index contributed by atoms with van der Waals surface area (Å²) in [6, 6.07) is 6.74. The summed E-state index contributed by atoms with van der Waals surface area (Å²) in [5.41, 5.74) is 0.479. The number of benzene rings is 1. The van der Waals surface area contributed by atoms with Gasteiger partial charge in [0.2, 0.25) is 5.91 Å². The van der Waals surface area contributed by atoms with Gasteiger partial charge >= 0.3 is 0 Å². The molecule has 0 atom stereocenters. The normalized spacial score (nSPS) is 11.0. The van der Waals surface area contributed by atoms with Crippen LogP contribution in [-0.4, -0.2) is 24.9 Å². The van der Waals surface area contributed by atoms with E-state index < -0.39 is 0 Å². The fourth-order valence-corrected chi connectivity index (χ4v) is 1.84. The van der Waals surface area contributed by atoms with E-state index in [9.17, 15) is 9.59 Å². The molecule has 0 fully saturated rings. The van der Waals surface area contributed by atoms with Gasteiger partial charge in [0.05, 0.1) is 0 Å². The first-order chi connectivity index (χ1) is 9.28. The van der Waals surface area contributed by atoms with Crippen molar-refractivity contribution in [3.8, 4) is 0 Å². The summed E-state index contributed by atoms with van der Waals surface area (Å²) >= 11 is 5.82. The molecular weight excluding hydrogens is 276 g/mol. The maximum absolute atomic E-state index is 11.8. The van der Waals surface area contributed by atoms with Gasteiger partial charge in [-0.3, -0.25) is 9.59 Å². The van der Waals surface area contributed by atoms with Gasteiger partial charge in [0, 0.05) is 30.1 Å². The van der Waals surface area contributed by atoms with E-state index in [2.05, 4.69) is 10.6 Å². The van der Waals surface area contributed by atoms with Crippen LogP contribution >= 0.6 is 11.6 Å². The standard InChI is InChI=1S/C15H21ClN2O2/c1-15(2,3)10-13(19)17-7-8-18-14(20)11-5-4-6-12(16)9-11/h4-6,9H,7-8,10H2,1-3H3,(H,17,19)(H,18,20). The highest BCUT2D eigenvalue weighted by Gasteiger charge is 2.15. The Balaban J connectivity index is 2.28. The summed E-state index contributed by atoms with van der Waals surface area (Å²) in [5.74, 6) is -0.202. The summed E-state index contributed by atoms with van der Waals surface area (Å²) in [7, 11) is 0. The number of halogens is 1. The van der Waals surface area contributed by atoms with Crippen molar-refractivity contribution < 1.29 is 9.59 Å². The molecule has 5 heteroatoms.